The van der Waals surface area contributed by atoms with Crippen molar-refractivity contribution in [2.24, 2.45) is 0 Å². The average Bonchev–Trinajstić information content (AvgIpc) is 2.85. The van der Waals surface area contributed by atoms with Crippen molar-refractivity contribution in [1.82, 2.24) is 5.32 Å². The summed E-state index contributed by atoms with van der Waals surface area (Å²) in [5.41, 5.74) is 0. The van der Waals surface area contributed by atoms with Gasteiger partial charge in [0.1, 0.15) is 0 Å². The van der Waals surface area contributed by atoms with Gasteiger partial charge in [0.05, 0.1) is 0 Å². The predicted octanol–water partition coefficient (Wildman–Crippen LogP) is 7.47. The fourth-order valence-electron chi connectivity index (χ4n) is 4.39. The van der Waals surface area contributed by atoms with Crippen molar-refractivity contribution >= 4 is 21.2 Å². The molecule has 0 aliphatic rings. The monoisotopic (exact) mass is 527 g/mol. The van der Waals surface area contributed by atoms with E-state index in [1.807, 2.05) is 0 Å². The van der Waals surface area contributed by atoms with E-state index < -0.39 is 14.7 Å². The topological polar surface area (TPSA) is 58.2 Å². The molecule has 0 heterocycles. The van der Waals surface area contributed by atoms with Gasteiger partial charge >= 0.3 is 8.80 Å². The van der Waals surface area contributed by atoms with Gasteiger partial charge in [-0.05, 0) is 12.8 Å². The molecule has 0 rings (SSSR count). The summed E-state index contributed by atoms with van der Waals surface area (Å²) < 4.78 is 27.9. The number of ether oxygens (including phenoxy) is 2. The molecule has 8 heteroatoms. The number of rotatable bonds is 26. The maximum absolute atomic E-state index is 5.70. The van der Waals surface area contributed by atoms with Gasteiger partial charge in [-0.3, -0.25) is 5.32 Å². The SMILES string of the molecule is CCCCCCCCCCCCCCCCCC(NCCC[Si](OC)(OC)OC)(OC)OC.Cl. The highest BCUT2D eigenvalue weighted by Gasteiger charge is 2.37. The number of hydrogen-bond acceptors (Lipinski definition) is 6. The fraction of sp³-hybridized carbons (Fsp3) is 1.00. The van der Waals surface area contributed by atoms with Crippen LogP contribution in [0.25, 0.3) is 0 Å². The Hall–Kier alpha value is 0.267. The molecular weight excluding hydrogens is 470 g/mol. The first kappa shape index (κ1) is 36.4. The van der Waals surface area contributed by atoms with Gasteiger partial charge in [-0.2, -0.15) is 0 Å². The normalized spacial score (nSPS) is 12.2. The summed E-state index contributed by atoms with van der Waals surface area (Å²) in [5.74, 6) is -0.714. The number of methoxy groups -OCH3 is 2. The molecule has 0 atom stereocenters. The summed E-state index contributed by atoms with van der Waals surface area (Å²) in [7, 11) is 5.85. The molecule has 0 saturated heterocycles. The van der Waals surface area contributed by atoms with Gasteiger partial charge in [0.15, 0.2) is 0 Å². The molecule has 0 aliphatic heterocycles. The molecule has 0 aromatic heterocycles. The highest BCUT2D eigenvalue weighted by Crippen LogP contribution is 2.20. The third kappa shape index (κ3) is 17.7. The van der Waals surface area contributed by atoms with Gasteiger partial charge in [-0.25, -0.2) is 0 Å². The first-order chi connectivity index (χ1) is 16.1. The van der Waals surface area contributed by atoms with Crippen LogP contribution in [0, 0.1) is 0 Å². The zero-order valence-corrected chi connectivity index (χ0v) is 25.2. The summed E-state index contributed by atoms with van der Waals surface area (Å²) in [6, 6.07) is 0.756. The van der Waals surface area contributed by atoms with Crippen LogP contribution in [0.15, 0.2) is 0 Å². The molecule has 0 fully saturated rings. The minimum Gasteiger partial charge on any atom is -0.377 e. The smallest absolute Gasteiger partial charge is 0.377 e. The minimum absolute atomic E-state index is 0. The lowest BCUT2D eigenvalue weighted by Gasteiger charge is -2.32. The van der Waals surface area contributed by atoms with E-state index in [2.05, 4.69) is 12.2 Å². The summed E-state index contributed by atoms with van der Waals surface area (Å²) in [6.45, 7) is 3.04. The van der Waals surface area contributed by atoms with E-state index in [4.69, 9.17) is 22.8 Å². The highest BCUT2D eigenvalue weighted by atomic mass is 35.5. The second-order valence-corrected chi connectivity index (χ2v) is 12.3. The summed E-state index contributed by atoms with van der Waals surface area (Å²) in [4.78, 5) is 0. The van der Waals surface area contributed by atoms with E-state index in [1.54, 1.807) is 35.5 Å². The predicted molar refractivity (Wildman–Crippen MR) is 148 cm³/mol. The van der Waals surface area contributed by atoms with Crippen molar-refractivity contribution in [2.75, 3.05) is 42.1 Å². The molecule has 0 aromatic carbocycles. The molecule has 6 nitrogen and oxygen atoms in total. The summed E-state index contributed by atoms with van der Waals surface area (Å²) in [5, 5.41) is 3.44. The van der Waals surface area contributed by atoms with E-state index in [9.17, 15) is 0 Å². The Kier molecular flexibility index (Phi) is 26.7. The quantitative estimate of drug-likeness (QED) is 0.0714. The second-order valence-electron chi connectivity index (χ2n) is 9.19. The third-order valence-electron chi connectivity index (χ3n) is 6.76. The minimum atomic E-state index is -2.52. The Morgan fingerprint density at radius 3 is 1.29 bits per heavy atom. The highest BCUT2D eigenvalue weighted by molar-refractivity contribution is 6.60. The Labute approximate surface area is 219 Å². The van der Waals surface area contributed by atoms with Crippen molar-refractivity contribution in [3.05, 3.63) is 0 Å². The van der Waals surface area contributed by atoms with E-state index in [1.165, 1.54) is 89.9 Å². The molecule has 0 bridgehead atoms. The Balaban J connectivity index is 0. The van der Waals surface area contributed by atoms with Gasteiger partial charge in [-0.15, -0.1) is 12.4 Å². The molecule has 208 valence electrons. The van der Waals surface area contributed by atoms with Crippen molar-refractivity contribution in [3.8, 4) is 0 Å². The fourth-order valence-corrected chi connectivity index (χ4v) is 6.11. The summed E-state index contributed by atoms with van der Waals surface area (Å²) in [6.07, 6.45) is 22.2. The Bertz CT molecular complexity index is 404. The maximum atomic E-state index is 5.70. The van der Waals surface area contributed by atoms with Gasteiger partial charge in [-0.1, -0.05) is 96.8 Å². The van der Waals surface area contributed by atoms with Crippen molar-refractivity contribution in [3.63, 3.8) is 0 Å². The Morgan fingerprint density at radius 1 is 0.559 bits per heavy atom. The lowest BCUT2D eigenvalue weighted by molar-refractivity contribution is -0.232. The number of hydrogen-bond donors (Lipinski definition) is 1. The molecule has 0 aliphatic carbocycles. The van der Waals surface area contributed by atoms with Crippen LogP contribution >= 0.6 is 12.4 Å². The van der Waals surface area contributed by atoms with Crippen molar-refractivity contribution in [1.29, 1.82) is 0 Å². The number of halogens is 1. The zero-order valence-electron chi connectivity index (χ0n) is 23.4. The van der Waals surface area contributed by atoms with E-state index in [0.717, 1.165) is 31.9 Å². The van der Waals surface area contributed by atoms with Crippen molar-refractivity contribution < 1.29 is 22.8 Å². The van der Waals surface area contributed by atoms with E-state index in [0.29, 0.717) is 0 Å². The zero-order chi connectivity index (χ0) is 24.7. The molecule has 0 amide bonds. The van der Waals surface area contributed by atoms with Crippen LogP contribution in [0.3, 0.4) is 0 Å². The molecular formula is C26H58ClNO5Si. The van der Waals surface area contributed by atoms with E-state index in [-0.39, 0.29) is 12.4 Å². The average molecular weight is 528 g/mol. The van der Waals surface area contributed by atoms with Crippen LogP contribution in [-0.2, 0) is 22.8 Å². The number of nitrogens with one attached hydrogen (secondary N) is 1. The number of unbranched alkanes of at least 4 members (excludes halogenated alkanes) is 14. The van der Waals surface area contributed by atoms with Crippen molar-refractivity contribution in [2.45, 2.75) is 128 Å². The lowest BCUT2D eigenvalue weighted by Crippen LogP contribution is -2.50. The Morgan fingerprint density at radius 2 is 0.941 bits per heavy atom. The molecule has 0 aromatic rings. The van der Waals surface area contributed by atoms with Crippen LogP contribution in [0.1, 0.15) is 116 Å². The maximum Gasteiger partial charge on any atom is 0.500 e. The first-order valence-electron chi connectivity index (χ1n) is 13.6. The standard InChI is InChI=1S/C26H57NO5Si.ClH/c1-7-8-9-10-11-12-13-14-15-16-17-18-19-20-21-23-26(28-2,29-3)27-24-22-25-33(30-4,31-5)32-6;/h27H,7-25H2,1-6H3;1H. The molecule has 0 saturated carbocycles. The van der Waals surface area contributed by atoms with Gasteiger partial charge in [0.25, 0.3) is 0 Å². The van der Waals surface area contributed by atoms with Crippen LogP contribution in [0.4, 0.5) is 0 Å². The van der Waals surface area contributed by atoms with Gasteiger partial charge < -0.3 is 22.8 Å². The van der Waals surface area contributed by atoms with Crippen LogP contribution in [0.5, 0.6) is 0 Å². The molecule has 1 N–H and O–H groups in total. The van der Waals surface area contributed by atoms with Crippen LogP contribution < -0.4 is 5.32 Å². The van der Waals surface area contributed by atoms with Crippen LogP contribution in [-0.4, -0.2) is 56.8 Å². The third-order valence-corrected chi connectivity index (χ3v) is 9.59. The second kappa shape index (κ2) is 24.9. The molecule has 0 radical (unpaired) electrons. The summed E-state index contributed by atoms with van der Waals surface area (Å²) >= 11 is 0. The first-order valence-corrected chi connectivity index (χ1v) is 15.5. The molecule has 34 heavy (non-hydrogen) atoms. The largest absolute Gasteiger partial charge is 0.500 e. The van der Waals surface area contributed by atoms with Gasteiger partial charge in [0, 0.05) is 54.6 Å². The lowest BCUT2D eigenvalue weighted by atomic mass is 10.0. The van der Waals surface area contributed by atoms with Gasteiger partial charge in [0.2, 0.25) is 5.91 Å². The molecule has 0 unspecified atom stereocenters. The van der Waals surface area contributed by atoms with Crippen LogP contribution in [0.2, 0.25) is 6.04 Å². The van der Waals surface area contributed by atoms with E-state index >= 15 is 0 Å². The molecule has 0 spiro atoms.